The fraction of sp³-hybridized carbons (Fsp3) is 0.250. The molecule has 3 aromatic rings. The Morgan fingerprint density at radius 3 is 1.83 bits per heavy atom. The number of sulfonamides is 2. The lowest BCUT2D eigenvalue weighted by Crippen LogP contribution is -2.15. The lowest BCUT2D eigenvalue weighted by Gasteiger charge is -2.15. The second-order valence-electron chi connectivity index (χ2n) is 7.86. The van der Waals surface area contributed by atoms with E-state index in [0.29, 0.717) is 11.5 Å². The van der Waals surface area contributed by atoms with Crippen LogP contribution in [0, 0.1) is 0 Å². The Balaban J connectivity index is 1.82. The molecule has 0 aromatic heterocycles. The first kappa shape index (κ1) is 26.2. The van der Waals surface area contributed by atoms with Crippen LogP contribution in [0.4, 0.5) is 11.4 Å². The quantitative estimate of drug-likeness (QED) is 0.406. The van der Waals surface area contributed by atoms with Crippen LogP contribution >= 0.6 is 0 Å². The highest BCUT2D eigenvalue weighted by Gasteiger charge is 2.20. The molecular formula is C24H28N2O7S2. The molecule has 0 aliphatic rings. The van der Waals surface area contributed by atoms with Gasteiger partial charge in [0.25, 0.3) is 20.0 Å². The summed E-state index contributed by atoms with van der Waals surface area (Å²) in [5.74, 6) is 1.47. The molecule has 3 rings (SSSR count). The van der Waals surface area contributed by atoms with E-state index >= 15 is 0 Å². The molecule has 11 heteroatoms. The number of nitrogens with one attached hydrogen (secondary N) is 2. The molecule has 0 amide bonds. The van der Waals surface area contributed by atoms with Gasteiger partial charge < -0.3 is 14.2 Å². The van der Waals surface area contributed by atoms with E-state index in [4.69, 9.17) is 14.2 Å². The highest BCUT2D eigenvalue weighted by Crippen LogP contribution is 2.32. The van der Waals surface area contributed by atoms with Crippen molar-refractivity contribution in [2.24, 2.45) is 0 Å². The van der Waals surface area contributed by atoms with Crippen LogP contribution < -0.4 is 23.7 Å². The topological polar surface area (TPSA) is 120 Å². The lowest BCUT2D eigenvalue weighted by atomic mass is 10.0. The van der Waals surface area contributed by atoms with Crippen LogP contribution in [0.3, 0.4) is 0 Å². The summed E-state index contributed by atoms with van der Waals surface area (Å²) in [5, 5.41) is 0. The predicted octanol–water partition coefficient (Wildman–Crippen LogP) is 4.44. The van der Waals surface area contributed by atoms with Gasteiger partial charge in [0.15, 0.2) is 0 Å². The van der Waals surface area contributed by atoms with Crippen molar-refractivity contribution in [2.45, 2.75) is 29.6 Å². The molecule has 0 saturated heterocycles. The fourth-order valence-corrected chi connectivity index (χ4v) is 5.50. The average Bonchev–Trinajstić information content (AvgIpc) is 2.83. The van der Waals surface area contributed by atoms with Crippen LogP contribution in [-0.2, 0) is 20.0 Å². The van der Waals surface area contributed by atoms with Crippen LogP contribution in [0.15, 0.2) is 70.5 Å². The maximum absolute atomic E-state index is 12.9. The van der Waals surface area contributed by atoms with Gasteiger partial charge in [-0.3, -0.25) is 9.44 Å². The van der Waals surface area contributed by atoms with Crippen LogP contribution in [0.1, 0.15) is 25.3 Å². The van der Waals surface area contributed by atoms with Gasteiger partial charge in [0, 0.05) is 11.8 Å². The summed E-state index contributed by atoms with van der Waals surface area (Å²) in [4.78, 5) is 0.0248. The number of anilines is 2. The lowest BCUT2D eigenvalue weighted by molar-refractivity contribution is 0.395. The third-order valence-electron chi connectivity index (χ3n) is 5.20. The monoisotopic (exact) mass is 520 g/mol. The van der Waals surface area contributed by atoms with E-state index in [9.17, 15) is 16.8 Å². The van der Waals surface area contributed by atoms with Crippen molar-refractivity contribution in [3.05, 3.63) is 66.2 Å². The number of hydrogen-bond acceptors (Lipinski definition) is 7. The van der Waals surface area contributed by atoms with Crippen molar-refractivity contribution in [3.8, 4) is 17.2 Å². The van der Waals surface area contributed by atoms with E-state index in [-0.39, 0.29) is 32.8 Å². The van der Waals surface area contributed by atoms with E-state index in [1.807, 2.05) is 13.8 Å². The summed E-state index contributed by atoms with van der Waals surface area (Å²) in [7, 11) is -3.43. The van der Waals surface area contributed by atoms with Gasteiger partial charge in [-0.2, -0.15) is 0 Å². The minimum atomic E-state index is -3.96. The Kier molecular flexibility index (Phi) is 7.81. The van der Waals surface area contributed by atoms with Crippen LogP contribution in [-0.4, -0.2) is 38.2 Å². The van der Waals surface area contributed by atoms with Gasteiger partial charge in [0.1, 0.15) is 17.2 Å². The van der Waals surface area contributed by atoms with Crippen molar-refractivity contribution in [1.29, 1.82) is 0 Å². The van der Waals surface area contributed by atoms with E-state index in [1.165, 1.54) is 57.7 Å². The van der Waals surface area contributed by atoms with Gasteiger partial charge in [-0.15, -0.1) is 0 Å². The Hall–Kier alpha value is -3.44. The molecule has 3 aromatic carbocycles. The highest BCUT2D eigenvalue weighted by atomic mass is 32.2. The standard InChI is InChI=1S/C24H28N2O7S2/c1-16(2)21-15-20(11-13-23(21)32-4)35(29,30)25-17-6-9-19(10-7-17)34(27,28)26-22-12-8-18(31-3)14-24(22)33-5/h6-16,25-26H,1-5H3. The summed E-state index contributed by atoms with van der Waals surface area (Å²) >= 11 is 0. The van der Waals surface area contributed by atoms with Crippen LogP contribution in [0.2, 0.25) is 0 Å². The third-order valence-corrected chi connectivity index (χ3v) is 7.96. The van der Waals surface area contributed by atoms with Crippen molar-refractivity contribution in [1.82, 2.24) is 0 Å². The minimum Gasteiger partial charge on any atom is -0.497 e. The molecule has 0 saturated carbocycles. The summed E-state index contributed by atoms with van der Waals surface area (Å²) in [5.41, 5.74) is 1.21. The smallest absolute Gasteiger partial charge is 0.262 e. The Morgan fingerprint density at radius 1 is 0.657 bits per heavy atom. The molecule has 0 heterocycles. The van der Waals surface area contributed by atoms with Crippen molar-refractivity contribution in [3.63, 3.8) is 0 Å². The molecule has 9 nitrogen and oxygen atoms in total. The molecular weight excluding hydrogens is 492 g/mol. The van der Waals surface area contributed by atoms with Crippen molar-refractivity contribution in [2.75, 3.05) is 30.8 Å². The van der Waals surface area contributed by atoms with E-state index < -0.39 is 20.0 Å². The molecule has 0 aliphatic heterocycles. The summed E-state index contributed by atoms with van der Waals surface area (Å²) in [6.07, 6.45) is 0. The third kappa shape index (κ3) is 5.98. The molecule has 0 spiro atoms. The van der Waals surface area contributed by atoms with Crippen molar-refractivity contribution < 1.29 is 31.0 Å². The summed E-state index contributed by atoms with van der Waals surface area (Å²) < 4.78 is 72.2. The number of benzene rings is 3. The van der Waals surface area contributed by atoms with E-state index in [2.05, 4.69) is 9.44 Å². The first-order valence-corrected chi connectivity index (χ1v) is 13.5. The SMILES string of the molecule is COc1ccc(NS(=O)(=O)c2ccc(NS(=O)(=O)c3ccc(OC)c(C(C)C)c3)cc2)c(OC)c1. The number of hydrogen-bond donors (Lipinski definition) is 2. The zero-order valence-corrected chi connectivity index (χ0v) is 21.7. The maximum Gasteiger partial charge on any atom is 0.262 e. The molecule has 0 fully saturated rings. The molecule has 0 atom stereocenters. The molecule has 0 unspecified atom stereocenters. The first-order chi connectivity index (χ1) is 16.5. The second-order valence-corrected chi connectivity index (χ2v) is 11.2. The Morgan fingerprint density at radius 2 is 1.26 bits per heavy atom. The Bertz CT molecular complexity index is 1400. The second kappa shape index (κ2) is 10.4. The zero-order chi connectivity index (χ0) is 25.8. The Labute approximate surface area is 206 Å². The van der Waals surface area contributed by atoms with E-state index in [1.54, 1.807) is 24.3 Å². The number of rotatable bonds is 10. The maximum atomic E-state index is 12.9. The van der Waals surface area contributed by atoms with Crippen LogP contribution in [0.5, 0.6) is 17.2 Å². The van der Waals surface area contributed by atoms with Gasteiger partial charge in [-0.1, -0.05) is 13.8 Å². The molecule has 2 N–H and O–H groups in total. The number of methoxy groups -OCH3 is 3. The molecule has 35 heavy (non-hydrogen) atoms. The molecule has 0 bridgehead atoms. The van der Waals surface area contributed by atoms with Gasteiger partial charge in [-0.25, -0.2) is 16.8 Å². The van der Waals surface area contributed by atoms with Gasteiger partial charge in [0.2, 0.25) is 0 Å². The number of ether oxygens (including phenoxy) is 3. The predicted molar refractivity (Wildman–Crippen MR) is 135 cm³/mol. The fourth-order valence-electron chi connectivity index (χ4n) is 3.33. The highest BCUT2D eigenvalue weighted by molar-refractivity contribution is 7.93. The van der Waals surface area contributed by atoms with Gasteiger partial charge in [-0.05, 0) is 66.1 Å². The molecule has 188 valence electrons. The minimum absolute atomic E-state index is 0.0511. The van der Waals surface area contributed by atoms with Gasteiger partial charge >= 0.3 is 0 Å². The first-order valence-electron chi connectivity index (χ1n) is 10.6. The normalized spacial score (nSPS) is 11.7. The molecule has 0 aliphatic carbocycles. The largest absolute Gasteiger partial charge is 0.497 e. The summed E-state index contributed by atoms with van der Waals surface area (Å²) in [6.45, 7) is 3.88. The van der Waals surface area contributed by atoms with E-state index in [0.717, 1.165) is 5.56 Å². The molecule has 0 radical (unpaired) electrons. The zero-order valence-electron chi connectivity index (χ0n) is 20.0. The summed E-state index contributed by atoms with van der Waals surface area (Å²) in [6, 6.07) is 14.7. The van der Waals surface area contributed by atoms with Crippen molar-refractivity contribution >= 4 is 31.4 Å². The average molecular weight is 521 g/mol. The van der Waals surface area contributed by atoms with Crippen LogP contribution in [0.25, 0.3) is 0 Å². The van der Waals surface area contributed by atoms with Gasteiger partial charge in [0.05, 0.1) is 36.8 Å².